The van der Waals surface area contributed by atoms with Crippen LogP contribution >= 0.6 is 11.3 Å². The van der Waals surface area contributed by atoms with Crippen LogP contribution in [0, 0.1) is 10.1 Å². The van der Waals surface area contributed by atoms with Crippen LogP contribution in [0.1, 0.15) is 29.6 Å². The van der Waals surface area contributed by atoms with Crippen LogP contribution in [0.4, 0.5) is 5.69 Å². The Balaban J connectivity index is 0.00000220. The first-order valence-electron chi connectivity index (χ1n) is 6.14. The molecule has 1 N–H and O–H groups in total. The molecule has 1 aromatic heterocycles. The number of benzene rings is 1. The molecule has 1 unspecified atom stereocenters. The minimum atomic E-state index is -0.508. The molecule has 1 heterocycles. The molecule has 0 radical (unpaired) electrons. The average Bonchev–Trinajstić information content (AvgIpc) is 2.91. The number of amides is 1. The average molecular weight is 306 g/mol. The van der Waals surface area contributed by atoms with Gasteiger partial charge in [-0.3, -0.25) is 14.9 Å². The first-order chi connectivity index (χ1) is 9.56. The van der Waals surface area contributed by atoms with Gasteiger partial charge in [0.2, 0.25) is 0 Å². The second kappa shape index (κ2) is 7.54. The Morgan fingerprint density at radius 1 is 1.38 bits per heavy atom. The highest BCUT2D eigenvalue weighted by molar-refractivity contribution is 7.09. The number of hydrogen-bond donors (Lipinski definition) is 1. The zero-order valence-electron chi connectivity index (χ0n) is 10.9. The van der Waals surface area contributed by atoms with Gasteiger partial charge in [0.1, 0.15) is 0 Å². The van der Waals surface area contributed by atoms with E-state index in [-0.39, 0.29) is 25.1 Å². The van der Waals surface area contributed by atoms with Gasteiger partial charge in [-0.1, -0.05) is 19.6 Å². The van der Waals surface area contributed by atoms with Crippen molar-refractivity contribution in [2.45, 2.75) is 26.8 Å². The summed E-state index contributed by atoms with van der Waals surface area (Å²) >= 11 is 1.64. The highest BCUT2D eigenvalue weighted by atomic mass is 32.1. The van der Waals surface area contributed by atoms with Gasteiger partial charge in [0, 0.05) is 35.0 Å². The Bertz CT molecular complexity index is 611. The number of non-ortho nitro benzene ring substituents is 1. The predicted octanol–water partition coefficient (Wildman–Crippen LogP) is 3.65. The van der Waals surface area contributed by atoms with E-state index in [0.29, 0.717) is 5.56 Å². The van der Waals surface area contributed by atoms with Gasteiger partial charge < -0.3 is 5.32 Å². The molecule has 0 aliphatic rings. The number of nitrogens with one attached hydrogen (secondary N) is 1. The van der Waals surface area contributed by atoms with Crippen LogP contribution in [0.2, 0.25) is 0 Å². The first kappa shape index (κ1) is 16.8. The van der Waals surface area contributed by atoms with Gasteiger partial charge >= 0.3 is 0 Å². The van der Waals surface area contributed by atoms with Crippen molar-refractivity contribution in [1.82, 2.24) is 5.32 Å². The lowest BCUT2D eigenvalue weighted by Gasteiger charge is -2.12. The second-order valence-corrected chi connectivity index (χ2v) is 5.50. The van der Waals surface area contributed by atoms with Crippen molar-refractivity contribution in [3.05, 3.63) is 62.3 Å². The quantitative estimate of drug-likeness (QED) is 0.677. The minimum absolute atomic E-state index is 0. The monoisotopic (exact) mass is 306 g/mol. The molecule has 1 aromatic carbocycles. The number of rotatable bonds is 5. The Morgan fingerprint density at radius 2 is 2.14 bits per heavy atom. The number of hydrogen-bond acceptors (Lipinski definition) is 4. The van der Waals surface area contributed by atoms with E-state index in [2.05, 4.69) is 5.32 Å². The molecular weight excluding hydrogens is 288 g/mol. The maximum absolute atomic E-state index is 12.0. The Labute approximate surface area is 127 Å². The zero-order valence-corrected chi connectivity index (χ0v) is 11.7. The van der Waals surface area contributed by atoms with Crippen molar-refractivity contribution in [2.24, 2.45) is 0 Å². The number of nitro benzene ring substituents is 1. The minimum Gasteiger partial charge on any atom is -0.349 e. The van der Waals surface area contributed by atoms with E-state index in [4.69, 9.17) is 0 Å². The van der Waals surface area contributed by atoms with Crippen molar-refractivity contribution in [3.8, 4) is 0 Å². The summed E-state index contributed by atoms with van der Waals surface area (Å²) in [6.07, 6.45) is 0.748. The Hall–Kier alpha value is -2.21. The molecule has 0 spiro atoms. The Kier molecular flexibility index (Phi) is 6.05. The van der Waals surface area contributed by atoms with Crippen molar-refractivity contribution in [3.63, 3.8) is 0 Å². The van der Waals surface area contributed by atoms with Crippen LogP contribution in [-0.4, -0.2) is 16.9 Å². The normalized spacial score (nSPS) is 11.3. The van der Waals surface area contributed by atoms with E-state index >= 15 is 0 Å². The summed E-state index contributed by atoms with van der Waals surface area (Å²) in [5.41, 5.74) is 0.223. The van der Waals surface area contributed by atoms with E-state index in [1.807, 2.05) is 24.4 Å². The van der Waals surface area contributed by atoms with Gasteiger partial charge in [-0.25, -0.2) is 0 Å². The van der Waals surface area contributed by atoms with Crippen molar-refractivity contribution >= 4 is 22.9 Å². The smallest absolute Gasteiger partial charge is 0.270 e. The number of nitrogens with zero attached hydrogens (tertiary/aromatic N) is 1. The highest BCUT2D eigenvalue weighted by Gasteiger charge is 2.14. The maximum Gasteiger partial charge on any atom is 0.270 e. The molecule has 0 aliphatic heterocycles. The molecule has 0 saturated carbocycles. The van der Waals surface area contributed by atoms with E-state index < -0.39 is 4.92 Å². The second-order valence-electron chi connectivity index (χ2n) is 4.47. The topological polar surface area (TPSA) is 72.2 Å². The van der Waals surface area contributed by atoms with Gasteiger partial charge in [-0.05, 0) is 24.4 Å². The number of thiophene rings is 1. The molecule has 0 saturated heterocycles. The van der Waals surface area contributed by atoms with Crippen molar-refractivity contribution in [1.29, 1.82) is 0 Å². The molecule has 2 aromatic rings. The summed E-state index contributed by atoms with van der Waals surface area (Å²) < 4.78 is 0. The number of nitro groups is 1. The SMILES string of the molecule is C.CC(Cc1cccs1)NC(=O)c1cccc([N+](=O)[O-])c1. The summed E-state index contributed by atoms with van der Waals surface area (Å²) in [7, 11) is 0. The fourth-order valence-electron chi connectivity index (χ4n) is 1.85. The molecule has 1 atom stereocenters. The summed E-state index contributed by atoms with van der Waals surface area (Å²) in [5, 5.41) is 15.5. The third-order valence-electron chi connectivity index (χ3n) is 2.78. The van der Waals surface area contributed by atoms with Crippen LogP contribution in [0.25, 0.3) is 0 Å². The van der Waals surface area contributed by atoms with Gasteiger partial charge in [0.05, 0.1) is 4.92 Å². The van der Waals surface area contributed by atoms with Gasteiger partial charge in [0.15, 0.2) is 0 Å². The fourth-order valence-corrected chi connectivity index (χ4v) is 2.68. The molecule has 0 aliphatic carbocycles. The number of carbonyl (C=O) groups excluding carboxylic acids is 1. The summed E-state index contributed by atoms with van der Waals surface area (Å²) in [6, 6.07) is 9.69. The molecule has 5 nitrogen and oxygen atoms in total. The first-order valence-corrected chi connectivity index (χ1v) is 7.02. The van der Waals surface area contributed by atoms with Crippen LogP contribution in [0.3, 0.4) is 0 Å². The van der Waals surface area contributed by atoms with E-state index in [0.717, 1.165) is 6.42 Å². The third kappa shape index (κ3) is 4.68. The molecule has 0 fully saturated rings. The highest BCUT2D eigenvalue weighted by Crippen LogP contribution is 2.14. The molecule has 21 heavy (non-hydrogen) atoms. The molecule has 1 amide bonds. The molecule has 2 rings (SSSR count). The lowest BCUT2D eigenvalue weighted by atomic mass is 10.1. The zero-order chi connectivity index (χ0) is 14.5. The number of carbonyl (C=O) groups is 1. The molecular formula is C15H18N2O3S. The largest absolute Gasteiger partial charge is 0.349 e. The standard InChI is InChI=1S/C14H14N2O3S.CH4/c1-10(8-13-6-3-7-20-13)15-14(17)11-4-2-5-12(9-11)16(18)19;/h2-7,9-10H,8H2,1H3,(H,15,17);1H4. The van der Waals surface area contributed by atoms with Crippen molar-refractivity contribution < 1.29 is 9.72 Å². The van der Waals surface area contributed by atoms with Crippen LogP contribution in [0.15, 0.2) is 41.8 Å². The third-order valence-corrected chi connectivity index (χ3v) is 3.68. The van der Waals surface area contributed by atoms with Gasteiger partial charge in [0.25, 0.3) is 11.6 Å². The van der Waals surface area contributed by atoms with Crippen LogP contribution in [0.5, 0.6) is 0 Å². The summed E-state index contributed by atoms with van der Waals surface area (Å²) in [4.78, 5) is 23.4. The molecule has 112 valence electrons. The molecule has 0 bridgehead atoms. The van der Waals surface area contributed by atoms with Gasteiger partial charge in [-0.2, -0.15) is 0 Å². The van der Waals surface area contributed by atoms with E-state index in [1.54, 1.807) is 17.4 Å². The van der Waals surface area contributed by atoms with E-state index in [1.165, 1.54) is 23.1 Å². The molecule has 6 heteroatoms. The Morgan fingerprint density at radius 3 is 2.76 bits per heavy atom. The van der Waals surface area contributed by atoms with Crippen LogP contribution < -0.4 is 5.32 Å². The van der Waals surface area contributed by atoms with Crippen molar-refractivity contribution in [2.75, 3.05) is 0 Å². The van der Waals surface area contributed by atoms with Gasteiger partial charge in [-0.15, -0.1) is 11.3 Å². The lowest BCUT2D eigenvalue weighted by molar-refractivity contribution is -0.384. The van der Waals surface area contributed by atoms with E-state index in [9.17, 15) is 14.9 Å². The fraction of sp³-hybridized carbons (Fsp3) is 0.267. The summed E-state index contributed by atoms with van der Waals surface area (Å²) in [6.45, 7) is 1.91. The predicted molar refractivity (Wildman–Crippen MR) is 84.8 cm³/mol. The van der Waals surface area contributed by atoms with Crippen LogP contribution in [-0.2, 0) is 6.42 Å². The summed E-state index contributed by atoms with van der Waals surface area (Å²) in [5.74, 6) is -0.294. The maximum atomic E-state index is 12.0. The lowest BCUT2D eigenvalue weighted by Crippen LogP contribution is -2.33.